The molecule has 1 heterocycles. The van der Waals surface area contributed by atoms with Gasteiger partial charge in [-0.3, -0.25) is 9.59 Å². The van der Waals surface area contributed by atoms with Gasteiger partial charge in [0, 0.05) is 11.8 Å². The van der Waals surface area contributed by atoms with Crippen molar-refractivity contribution in [2.45, 2.75) is 20.0 Å². The van der Waals surface area contributed by atoms with Crippen molar-refractivity contribution in [2.24, 2.45) is 0 Å². The van der Waals surface area contributed by atoms with Gasteiger partial charge in [0.25, 0.3) is 11.8 Å². The zero-order valence-electron chi connectivity index (χ0n) is 18.8. The molecule has 0 bridgehead atoms. The molecule has 2 amide bonds. The summed E-state index contributed by atoms with van der Waals surface area (Å²) >= 11 is 0. The number of methoxy groups -OCH3 is 1. The van der Waals surface area contributed by atoms with Crippen LogP contribution in [0.1, 0.15) is 22.8 Å². The van der Waals surface area contributed by atoms with Crippen molar-refractivity contribution >= 4 is 23.2 Å². The minimum atomic E-state index is -0.642. The van der Waals surface area contributed by atoms with Gasteiger partial charge in [-0.05, 0) is 50.2 Å². The van der Waals surface area contributed by atoms with Crippen LogP contribution < -0.4 is 24.4 Å². The Hall–Kier alpha value is -4.00. The molecule has 0 saturated carbocycles. The molecule has 0 saturated heterocycles. The second kappa shape index (κ2) is 9.65. The average Bonchev–Trinajstić information content (AvgIpc) is 2.82. The predicted octanol–water partition coefficient (Wildman–Crippen LogP) is 4.45. The summed E-state index contributed by atoms with van der Waals surface area (Å²) in [6.07, 6.45) is -0.642. The highest BCUT2D eigenvalue weighted by molar-refractivity contribution is 6.07. The van der Waals surface area contributed by atoms with Gasteiger partial charge in [-0.1, -0.05) is 29.8 Å². The Morgan fingerprint density at radius 1 is 1.09 bits per heavy atom. The number of nitrogens with one attached hydrogen (secondary N) is 1. The SMILES string of the molecule is COc1ccccc1C(=O)Nc1ccc2c(c1)OC(C)C(=O)N2CCOc1ccc(C)cc1. The number of ether oxygens (including phenoxy) is 3. The number of carbonyl (C=O) groups excluding carboxylic acids is 2. The number of para-hydroxylation sites is 1. The number of fused-ring (bicyclic) bond motifs is 1. The van der Waals surface area contributed by atoms with Crippen molar-refractivity contribution < 1.29 is 23.8 Å². The molecule has 1 N–H and O–H groups in total. The minimum Gasteiger partial charge on any atom is -0.496 e. The van der Waals surface area contributed by atoms with E-state index in [0.717, 1.165) is 11.3 Å². The molecule has 33 heavy (non-hydrogen) atoms. The van der Waals surface area contributed by atoms with E-state index in [0.29, 0.717) is 41.6 Å². The summed E-state index contributed by atoms with van der Waals surface area (Å²) in [5, 5.41) is 2.87. The quantitative estimate of drug-likeness (QED) is 0.580. The van der Waals surface area contributed by atoms with Crippen molar-refractivity contribution in [3.05, 3.63) is 77.9 Å². The van der Waals surface area contributed by atoms with Crippen LogP contribution in [0.4, 0.5) is 11.4 Å². The van der Waals surface area contributed by atoms with Gasteiger partial charge < -0.3 is 24.4 Å². The van der Waals surface area contributed by atoms with Gasteiger partial charge in [0.05, 0.1) is 24.9 Å². The van der Waals surface area contributed by atoms with E-state index in [1.165, 1.54) is 7.11 Å². The molecule has 0 aromatic heterocycles. The summed E-state index contributed by atoms with van der Waals surface area (Å²) in [7, 11) is 1.52. The molecular formula is C26H26N2O5. The number of amides is 2. The van der Waals surface area contributed by atoms with Crippen molar-refractivity contribution in [1.82, 2.24) is 0 Å². The lowest BCUT2D eigenvalue weighted by Gasteiger charge is -2.33. The summed E-state index contributed by atoms with van der Waals surface area (Å²) in [5.74, 6) is 1.33. The molecule has 1 unspecified atom stereocenters. The van der Waals surface area contributed by atoms with Gasteiger partial charge in [0.15, 0.2) is 6.10 Å². The Bertz CT molecular complexity index is 1160. The van der Waals surface area contributed by atoms with E-state index in [9.17, 15) is 9.59 Å². The first-order valence-corrected chi connectivity index (χ1v) is 10.7. The molecule has 3 aromatic rings. The van der Waals surface area contributed by atoms with Crippen LogP contribution in [0.25, 0.3) is 0 Å². The molecule has 3 aromatic carbocycles. The van der Waals surface area contributed by atoms with Crippen molar-refractivity contribution in [2.75, 3.05) is 30.5 Å². The average molecular weight is 447 g/mol. The van der Waals surface area contributed by atoms with E-state index in [1.807, 2.05) is 31.2 Å². The molecule has 7 heteroatoms. The number of aryl methyl sites for hydroxylation is 1. The van der Waals surface area contributed by atoms with E-state index in [-0.39, 0.29) is 11.8 Å². The fourth-order valence-corrected chi connectivity index (χ4v) is 3.64. The second-order valence-electron chi connectivity index (χ2n) is 7.75. The Labute approximate surface area is 192 Å². The first kappa shape index (κ1) is 22.2. The number of anilines is 2. The standard InChI is InChI=1S/C26H26N2O5/c1-17-8-11-20(12-9-17)32-15-14-28-22-13-10-19(16-24(22)33-18(2)26(28)30)27-25(29)21-6-4-5-7-23(21)31-3/h4-13,16,18H,14-15H2,1-3H3,(H,27,29). The van der Waals surface area contributed by atoms with E-state index in [2.05, 4.69) is 5.32 Å². The van der Waals surface area contributed by atoms with E-state index >= 15 is 0 Å². The molecule has 0 radical (unpaired) electrons. The summed E-state index contributed by atoms with van der Waals surface area (Å²) in [4.78, 5) is 27.1. The van der Waals surface area contributed by atoms with E-state index < -0.39 is 6.10 Å². The molecule has 0 aliphatic carbocycles. The molecule has 170 valence electrons. The van der Waals surface area contributed by atoms with Gasteiger partial charge >= 0.3 is 0 Å². The number of rotatable bonds is 7. The second-order valence-corrected chi connectivity index (χ2v) is 7.75. The van der Waals surface area contributed by atoms with Crippen LogP contribution in [0.5, 0.6) is 17.2 Å². The lowest BCUT2D eigenvalue weighted by atomic mass is 10.1. The Kier molecular flexibility index (Phi) is 6.49. The van der Waals surface area contributed by atoms with Gasteiger partial charge in [-0.15, -0.1) is 0 Å². The summed E-state index contributed by atoms with van der Waals surface area (Å²) in [5.41, 5.74) is 2.78. The largest absolute Gasteiger partial charge is 0.496 e. The third kappa shape index (κ3) is 4.92. The molecule has 0 fully saturated rings. The zero-order valence-corrected chi connectivity index (χ0v) is 18.8. The third-order valence-corrected chi connectivity index (χ3v) is 5.38. The van der Waals surface area contributed by atoms with Crippen LogP contribution in [0.2, 0.25) is 0 Å². The Balaban J connectivity index is 1.48. The highest BCUT2D eigenvalue weighted by Gasteiger charge is 2.31. The number of hydrogen-bond donors (Lipinski definition) is 1. The maximum absolute atomic E-state index is 12.8. The molecule has 7 nitrogen and oxygen atoms in total. The highest BCUT2D eigenvalue weighted by atomic mass is 16.5. The zero-order chi connectivity index (χ0) is 23.4. The molecule has 1 aliphatic rings. The number of nitrogens with zero attached hydrogens (tertiary/aromatic N) is 1. The first-order chi connectivity index (χ1) is 16.0. The smallest absolute Gasteiger partial charge is 0.267 e. The lowest BCUT2D eigenvalue weighted by Crippen LogP contribution is -2.46. The fraction of sp³-hybridized carbons (Fsp3) is 0.231. The fourth-order valence-electron chi connectivity index (χ4n) is 3.64. The molecule has 1 aliphatic heterocycles. The van der Waals surface area contributed by atoms with Crippen LogP contribution in [0.3, 0.4) is 0 Å². The summed E-state index contributed by atoms with van der Waals surface area (Å²) in [6.45, 7) is 4.44. The maximum atomic E-state index is 12.8. The molecule has 0 spiro atoms. The Morgan fingerprint density at radius 2 is 1.85 bits per heavy atom. The van der Waals surface area contributed by atoms with Crippen LogP contribution in [0.15, 0.2) is 66.7 Å². The summed E-state index contributed by atoms with van der Waals surface area (Å²) < 4.78 is 16.9. The van der Waals surface area contributed by atoms with Crippen molar-refractivity contribution in [3.8, 4) is 17.2 Å². The highest BCUT2D eigenvalue weighted by Crippen LogP contribution is 2.36. The number of benzene rings is 3. The van der Waals surface area contributed by atoms with E-state index in [4.69, 9.17) is 14.2 Å². The summed E-state index contributed by atoms with van der Waals surface area (Å²) in [6, 6.07) is 20.0. The van der Waals surface area contributed by atoms with Crippen LogP contribution in [0, 0.1) is 6.92 Å². The van der Waals surface area contributed by atoms with Gasteiger partial charge in [-0.25, -0.2) is 0 Å². The molecule has 4 rings (SSSR count). The van der Waals surface area contributed by atoms with Crippen molar-refractivity contribution in [1.29, 1.82) is 0 Å². The topological polar surface area (TPSA) is 77.1 Å². The van der Waals surface area contributed by atoms with E-state index in [1.54, 1.807) is 54.3 Å². The van der Waals surface area contributed by atoms with Gasteiger partial charge in [-0.2, -0.15) is 0 Å². The van der Waals surface area contributed by atoms with Crippen molar-refractivity contribution in [3.63, 3.8) is 0 Å². The molecule has 1 atom stereocenters. The normalized spacial score (nSPS) is 14.8. The van der Waals surface area contributed by atoms with Crippen LogP contribution in [-0.4, -0.2) is 38.2 Å². The Morgan fingerprint density at radius 3 is 2.61 bits per heavy atom. The predicted molar refractivity (Wildman–Crippen MR) is 127 cm³/mol. The molecular weight excluding hydrogens is 420 g/mol. The van der Waals surface area contributed by atoms with Gasteiger partial charge in [0.1, 0.15) is 23.9 Å². The monoisotopic (exact) mass is 446 g/mol. The van der Waals surface area contributed by atoms with Crippen LogP contribution in [-0.2, 0) is 4.79 Å². The lowest BCUT2D eigenvalue weighted by molar-refractivity contribution is -0.125. The third-order valence-electron chi connectivity index (χ3n) is 5.38. The van der Waals surface area contributed by atoms with Gasteiger partial charge in [0.2, 0.25) is 0 Å². The number of hydrogen-bond acceptors (Lipinski definition) is 5. The van der Waals surface area contributed by atoms with Crippen LogP contribution >= 0.6 is 0 Å². The first-order valence-electron chi connectivity index (χ1n) is 10.7. The minimum absolute atomic E-state index is 0.138. The number of carbonyl (C=O) groups is 2. The maximum Gasteiger partial charge on any atom is 0.267 e.